The molecule has 2 aromatic rings. The molecule has 0 aliphatic rings. The summed E-state index contributed by atoms with van der Waals surface area (Å²) in [4.78, 5) is 31.3. The van der Waals surface area contributed by atoms with Crippen LogP contribution in [0.3, 0.4) is 0 Å². The van der Waals surface area contributed by atoms with Crippen molar-refractivity contribution in [2.75, 3.05) is 12.4 Å². The van der Waals surface area contributed by atoms with Gasteiger partial charge in [-0.3, -0.25) is 4.79 Å². The van der Waals surface area contributed by atoms with Gasteiger partial charge < -0.3 is 10.1 Å². The number of hydrogen-bond acceptors (Lipinski definition) is 5. The van der Waals surface area contributed by atoms with Crippen LogP contribution in [0.4, 0.5) is 5.69 Å². The number of hydrogen-bond donors (Lipinski definition) is 1. The standard InChI is InChI=1S/C13H9Cl2N3O3/c1-21-13(20)8-3-2-7(14)4-9(8)18-12(19)10-5-17-11(15)6-16-10/h2-6H,1H3,(H,18,19). The maximum absolute atomic E-state index is 12.0. The van der Waals surface area contributed by atoms with Gasteiger partial charge in [0.1, 0.15) is 10.8 Å². The molecule has 0 fully saturated rings. The molecule has 0 atom stereocenters. The van der Waals surface area contributed by atoms with E-state index in [1.165, 1.54) is 37.7 Å². The maximum Gasteiger partial charge on any atom is 0.339 e. The molecule has 1 amide bonds. The molecule has 1 N–H and O–H groups in total. The number of anilines is 1. The van der Waals surface area contributed by atoms with Gasteiger partial charge in [-0.15, -0.1) is 0 Å². The molecule has 1 heterocycles. The number of carbonyl (C=O) groups excluding carboxylic acids is 2. The van der Waals surface area contributed by atoms with Gasteiger partial charge in [0.15, 0.2) is 0 Å². The predicted octanol–water partition coefficient (Wildman–Crippen LogP) is 2.82. The second kappa shape index (κ2) is 6.51. The van der Waals surface area contributed by atoms with Gasteiger partial charge in [0.2, 0.25) is 0 Å². The van der Waals surface area contributed by atoms with Crippen LogP contribution in [0.5, 0.6) is 0 Å². The summed E-state index contributed by atoms with van der Waals surface area (Å²) in [5.74, 6) is -1.14. The normalized spacial score (nSPS) is 10.0. The summed E-state index contributed by atoms with van der Waals surface area (Å²) in [5.41, 5.74) is 0.448. The van der Waals surface area contributed by atoms with Crippen LogP contribution in [-0.2, 0) is 4.74 Å². The molecule has 0 bridgehead atoms. The smallest absolute Gasteiger partial charge is 0.339 e. The van der Waals surface area contributed by atoms with Crippen molar-refractivity contribution < 1.29 is 14.3 Å². The number of amides is 1. The minimum absolute atomic E-state index is 0.0511. The number of ether oxygens (including phenoxy) is 1. The lowest BCUT2D eigenvalue weighted by atomic mass is 10.1. The van der Waals surface area contributed by atoms with Crippen molar-refractivity contribution in [2.45, 2.75) is 0 Å². The van der Waals surface area contributed by atoms with Crippen molar-refractivity contribution in [3.8, 4) is 0 Å². The maximum atomic E-state index is 12.0. The van der Waals surface area contributed by atoms with E-state index in [2.05, 4.69) is 20.0 Å². The molecule has 1 aromatic heterocycles. The Bertz CT molecular complexity index is 690. The molecular formula is C13H9Cl2N3O3. The van der Waals surface area contributed by atoms with E-state index < -0.39 is 11.9 Å². The number of esters is 1. The molecule has 21 heavy (non-hydrogen) atoms. The third-order valence-electron chi connectivity index (χ3n) is 2.49. The lowest BCUT2D eigenvalue weighted by Gasteiger charge is -2.09. The van der Waals surface area contributed by atoms with Gasteiger partial charge >= 0.3 is 5.97 Å². The number of halogens is 2. The fourth-order valence-corrected chi connectivity index (χ4v) is 1.79. The summed E-state index contributed by atoms with van der Waals surface area (Å²) < 4.78 is 4.64. The lowest BCUT2D eigenvalue weighted by molar-refractivity contribution is 0.0602. The summed E-state index contributed by atoms with van der Waals surface area (Å²) >= 11 is 11.5. The van der Waals surface area contributed by atoms with E-state index in [-0.39, 0.29) is 22.1 Å². The number of aromatic nitrogens is 2. The second-order valence-electron chi connectivity index (χ2n) is 3.86. The van der Waals surface area contributed by atoms with Crippen LogP contribution in [0, 0.1) is 0 Å². The minimum Gasteiger partial charge on any atom is -0.465 e. The van der Waals surface area contributed by atoms with Crippen LogP contribution in [0.25, 0.3) is 0 Å². The van der Waals surface area contributed by atoms with Crippen molar-refractivity contribution in [3.05, 3.63) is 52.0 Å². The van der Waals surface area contributed by atoms with Crippen molar-refractivity contribution in [1.82, 2.24) is 9.97 Å². The number of carbonyl (C=O) groups is 2. The van der Waals surface area contributed by atoms with Crippen molar-refractivity contribution in [3.63, 3.8) is 0 Å². The van der Waals surface area contributed by atoms with Gasteiger partial charge in [-0.1, -0.05) is 23.2 Å². The molecule has 6 nitrogen and oxygen atoms in total. The number of nitrogens with one attached hydrogen (secondary N) is 1. The molecule has 0 unspecified atom stereocenters. The highest BCUT2D eigenvalue weighted by molar-refractivity contribution is 6.31. The zero-order chi connectivity index (χ0) is 15.4. The predicted molar refractivity (Wildman–Crippen MR) is 77.8 cm³/mol. The Morgan fingerprint density at radius 2 is 1.95 bits per heavy atom. The van der Waals surface area contributed by atoms with Crippen LogP contribution in [0.1, 0.15) is 20.8 Å². The topological polar surface area (TPSA) is 81.2 Å². The molecule has 8 heteroatoms. The first-order chi connectivity index (χ1) is 10.0. The van der Waals surface area contributed by atoms with Gasteiger partial charge in [0.25, 0.3) is 5.91 Å². The first kappa shape index (κ1) is 15.2. The summed E-state index contributed by atoms with van der Waals surface area (Å²) in [7, 11) is 1.24. The molecule has 2 rings (SSSR count). The highest BCUT2D eigenvalue weighted by Crippen LogP contribution is 2.22. The number of rotatable bonds is 3. The fraction of sp³-hybridized carbons (Fsp3) is 0.0769. The van der Waals surface area contributed by atoms with Crippen LogP contribution in [0.15, 0.2) is 30.6 Å². The third-order valence-corrected chi connectivity index (χ3v) is 2.92. The SMILES string of the molecule is COC(=O)c1ccc(Cl)cc1NC(=O)c1cnc(Cl)cn1. The first-order valence-corrected chi connectivity index (χ1v) is 6.43. The lowest BCUT2D eigenvalue weighted by Crippen LogP contribution is -2.16. The minimum atomic E-state index is -0.593. The van der Waals surface area contributed by atoms with Crippen LogP contribution < -0.4 is 5.32 Å². The van der Waals surface area contributed by atoms with Gasteiger partial charge in [0.05, 0.1) is 30.8 Å². The largest absolute Gasteiger partial charge is 0.465 e. The van der Waals surface area contributed by atoms with E-state index in [4.69, 9.17) is 23.2 Å². The third kappa shape index (κ3) is 3.68. The van der Waals surface area contributed by atoms with Gasteiger partial charge in [-0.25, -0.2) is 14.8 Å². The van der Waals surface area contributed by atoms with E-state index in [1.807, 2.05) is 0 Å². The number of methoxy groups -OCH3 is 1. The van der Waals surface area contributed by atoms with Gasteiger partial charge in [0, 0.05) is 5.02 Å². The molecule has 0 radical (unpaired) electrons. The van der Waals surface area contributed by atoms with Crippen LogP contribution >= 0.6 is 23.2 Å². The average molecular weight is 326 g/mol. The molecule has 0 aliphatic carbocycles. The highest BCUT2D eigenvalue weighted by atomic mass is 35.5. The van der Waals surface area contributed by atoms with Crippen LogP contribution in [-0.4, -0.2) is 29.0 Å². The molecule has 0 aliphatic heterocycles. The number of nitrogens with zero attached hydrogens (tertiary/aromatic N) is 2. The van der Waals surface area contributed by atoms with E-state index >= 15 is 0 Å². The molecule has 1 aromatic carbocycles. The van der Waals surface area contributed by atoms with Gasteiger partial charge in [-0.05, 0) is 18.2 Å². The summed E-state index contributed by atoms with van der Waals surface area (Å²) in [5, 5.41) is 3.06. The quantitative estimate of drug-likeness (QED) is 0.877. The molecule has 108 valence electrons. The highest BCUT2D eigenvalue weighted by Gasteiger charge is 2.16. The Kier molecular flexibility index (Phi) is 4.72. The van der Waals surface area contributed by atoms with Crippen molar-refractivity contribution in [2.24, 2.45) is 0 Å². The van der Waals surface area contributed by atoms with Crippen LogP contribution in [0.2, 0.25) is 10.2 Å². The Morgan fingerprint density at radius 1 is 1.19 bits per heavy atom. The summed E-state index contributed by atoms with van der Waals surface area (Å²) in [6.07, 6.45) is 2.47. The Labute approximate surface area is 130 Å². The van der Waals surface area contributed by atoms with E-state index in [0.717, 1.165) is 0 Å². The molecular weight excluding hydrogens is 317 g/mol. The Hall–Kier alpha value is -2.18. The molecule has 0 saturated heterocycles. The summed E-state index contributed by atoms with van der Waals surface area (Å²) in [6, 6.07) is 4.41. The van der Waals surface area contributed by atoms with E-state index in [1.54, 1.807) is 0 Å². The van der Waals surface area contributed by atoms with Crippen molar-refractivity contribution >= 4 is 40.8 Å². The molecule has 0 saturated carbocycles. The van der Waals surface area contributed by atoms with E-state index in [0.29, 0.717) is 5.02 Å². The monoisotopic (exact) mass is 325 g/mol. The first-order valence-electron chi connectivity index (χ1n) is 5.68. The number of benzene rings is 1. The van der Waals surface area contributed by atoms with E-state index in [9.17, 15) is 9.59 Å². The Morgan fingerprint density at radius 3 is 2.57 bits per heavy atom. The Balaban J connectivity index is 2.30. The zero-order valence-corrected chi connectivity index (χ0v) is 12.3. The summed E-state index contributed by atoms with van der Waals surface area (Å²) in [6.45, 7) is 0. The molecule has 0 spiro atoms. The van der Waals surface area contributed by atoms with Gasteiger partial charge in [-0.2, -0.15) is 0 Å². The van der Waals surface area contributed by atoms with Crippen molar-refractivity contribution in [1.29, 1.82) is 0 Å². The average Bonchev–Trinajstić information content (AvgIpc) is 2.47. The fourth-order valence-electron chi connectivity index (χ4n) is 1.52. The zero-order valence-electron chi connectivity index (χ0n) is 10.8. The second-order valence-corrected chi connectivity index (χ2v) is 4.68.